The Labute approximate surface area is 107 Å². The van der Waals surface area contributed by atoms with Crippen LogP contribution in [-0.4, -0.2) is 42.1 Å². The number of carbonyl (C=O) groups is 1. The number of pyridine rings is 1. The Morgan fingerprint density at radius 1 is 1.53 bits per heavy atom. The number of hydrogen-bond donors (Lipinski definition) is 0. The molecule has 5 heteroatoms. The van der Waals surface area contributed by atoms with Gasteiger partial charge in [0.1, 0.15) is 5.15 Å². The van der Waals surface area contributed by atoms with Gasteiger partial charge in [0.2, 0.25) is 0 Å². The van der Waals surface area contributed by atoms with Crippen LogP contribution >= 0.6 is 11.6 Å². The van der Waals surface area contributed by atoms with E-state index in [2.05, 4.69) is 4.98 Å². The highest BCUT2D eigenvalue weighted by atomic mass is 35.5. The van der Waals surface area contributed by atoms with Gasteiger partial charge in [-0.3, -0.25) is 4.79 Å². The second-order valence-electron chi connectivity index (χ2n) is 3.45. The molecule has 1 aromatic rings. The Morgan fingerprint density at radius 3 is 2.88 bits per heavy atom. The van der Waals surface area contributed by atoms with E-state index in [1.807, 2.05) is 13.8 Å². The molecule has 0 atom stereocenters. The van der Waals surface area contributed by atoms with Crippen LogP contribution in [0.4, 0.5) is 0 Å². The van der Waals surface area contributed by atoms with Gasteiger partial charge in [-0.1, -0.05) is 11.6 Å². The van der Waals surface area contributed by atoms with E-state index in [-0.39, 0.29) is 5.91 Å². The summed E-state index contributed by atoms with van der Waals surface area (Å²) in [5.74, 6) is -0.0449. The van der Waals surface area contributed by atoms with Crippen molar-refractivity contribution in [1.82, 2.24) is 9.88 Å². The molecule has 17 heavy (non-hydrogen) atoms. The molecule has 94 valence electrons. The molecule has 0 fully saturated rings. The second-order valence-corrected chi connectivity index (χ2v) is 3.84. The van der Waals surface area contributed by atoms with E-state index in [0.29, 0.717) is 37.0 Å². The predicted molar refractivity (Wildman–Crippen MR) is 67.3 cm³/mol. The van der Waals surface area contributed by atoms with Gasteiger partial charge < -0.3 is 9.64 Å². The SMILES string of the molecule is CCOCCN(CC)C(=O)c1ccnc(Cl)c1. The molecule has 0 aromatic carbocycles. The van der Waals surface area contributed by atoms with E-state index >= 15 is 0 Å². The lowest BCUT2D eigenvalue weighted by molar-refractivity contribution is 0.0669. The standard InChI is InChI=1S/C12H17ClN2O2/c1-3-15(7-8-17-4-2)12(16)10-5-6-14-11(13)9-10/h5-6,9H,3-4,7-8H2,1-2H3. The summed E-state index contributed by atoms with van der Waals surface area (Å²) in [4.78, 5) is 17.7. The fourth-order valence-corrected chi connectivity index (χ4v) is 1.61. The Morgan fingerprint density at radius 2 is 2.29 bits per heavy atom. The van der Waals surface area contributed by atoms with Gasteiger partial charge in [0.25, 0.3) is 5.91 Å². The van der Waals surface area contributed by atoms with Crippen molar-refractivity contribution in [2.75, 3.05) is 26.3 Å². The van der Waals surface area contributed by atoms with E-state index in [1.165, 1.54) is 6.20 Å². The molecule has 1 rings (SSSR count). The zero-order chi connectivity index (χ0) is 12.7. The van der Waals surface area contributed by atoms with Gasteiger partial charge in [-0.05, 0) is 26.0 Å². The van der Waals surface area contributed by atoms with Crippen molar-refractivity contribution in [2.24, 2.45) is 0 Å². The zero-order valence-corrected chi connectivity index (χ0v) is 10.9. The fourth-order valence-electron chi connectivity index (χ4n) is 1.44. The Balaban J connectivity index is 2.65. The van der Waals surface area contributed by atoms with Gasteiger partial charge in [0, 0.05) is 31.5 Å². The van der Waals surface area contributed by atoms with Gasteiger partial charge in [-0.15, -0.1) is 0 Å². The van der Waals surface area contributed by atoms with Crippen LogP contribution in [-0.2, 0) is 4.74 Å². The molecule has 0 bridgehead atoms. The molecule has 0 spiro atoms. The number of halogens is 1. The summed E-state index contributed by atoms with van der Waals surface area (Å²) in [7, 11) is 0. The first kappa shape index (κ1) is 13.9. The molecule has 0 saturated heterocycles. The van der Waals surface area contributed by atoms with Crippen molar-refractivity contribution in [3.8, 4) is 0 Å². The van der Waals surface area contributed by atoms with Gasteiger partial charge in [-0.2, -0.15) is 0 Å². The normalized spacial score (nSPS) is 10.3. The Kier molecular flexibility index (Phi) is 5.94. The van der Waals surface area contributed by atoms with Gasteiger partial charge in [0.05, 0.1) is 6.61 Å². The van der Waals surface area contributed by atoms with Crippen molar-refractivity contribution in [3.63, 3.8) is 0 Å². The highest BCUT2D eigenvalue weighted by molar-refractivity contribution is 6.29. The summed E-state index contributed by atoms with van der Waals surface area (Å²) in [6.45, 7) is 6.31. The van der Waals surface area contributed by atoms with Gasteiger partial charge in [0.15, 0.2) is 0 Å². The fraction of sp³-hybridized carbons (Fsp3) is 0.500. The van der Waals surface area contributed by atoms with E-state index in [1.54, 1.807) is 17.0 Å². The lowest BCUT2D eigenvalue weighted by atomic mass is 10.2. The summed E-state index contributed by atoms with van der Waals surface area (Å²) in [5.41, 5.74) is 0.559. The van der Waals surface area contributed by atoms with Crippen molar-refractivity contribution >= 4 is 17.5 Å². The summed E-state index contributed by atoms with van der Waals surface area (Å²) in [5, 5.41) is 0.330. The minimum atomic E-state index is -0.0449. The lowest BCUT2D eigenvalue weighted by Gasteiger charge is -2.20. The van der Waals surface area contributed by atoms with E-state index in [4.69, 9.17) is 16.3 Å². The number of nitrogens with zero attached hydrogens (tertiary/aromatic N) is 2. The van der Waals surface area contributed by atoms with Crippen LogP contribution in [0.3, 0.4) is 0 Å². The van der Waals surface area contributed by atoms with Crippen LogP contribution in [0.25, 0.3) is 0 Å². The average molecular weight is 257 g/mol. The third kappa shape index (κ3) is 4.32. The summed E-state index contributed by atoms with van der Waals surface area (Å²) < 4.78 is 5.24. The smallest absolute Gasteiger partial charge is 0.254 e. The molecule has 0 radical (unpaired) electrons. The van der Waals surface area contributed by atoms with E-state index in [9.17, 15) is 4.79 Å². The van der Waals surface area contributed by atoms with Crippen molar-refractivity contribution in [1.29, 1.82) is 0 Å². The number of rotatable bonds is 6. The molecule has 1 amide bonds. The molecular formula is C12H17ClN2O2. The molecule has 0 N–H and O–H groups in total. The summed E-state index contributed by atoms with van der Waals surface area (Å²) in [6, 6.07) is 3.24. The van der Waals surface area contributed by atoms with Crippen molar-refractivity contribution in [2.45, 2.75) is 13.8 Å². The molecule has 0 aliphatic carbocycles. The quantitative estimate of drug-likeness (QED) is 0.579. The minimum Gasteiger partial charge on any atom is -0.380 e. The average Bonchev–Trinajstić information content (AvgIpc) is 2.34. The number of likely N-dealkylation sites (N-methyl/N-ethyl adjacent to an activating group) is 1. The molecule has 1 heterocycles. The maximum atomic E-state index is 12.1. The Hall–Kier alpha value is -1.13. The minimum absolute atomic E-state index is 0.0449. The monoisotopic (exact) mass is 256 g/mol. The number of hydrogen-bond acceptors (Lipinski definition) is 3. The van der Waals surface area contributed by atoms with Gasteiger partial charge >= 0.3 is 0 Å². The lowest BCUT2D eigenvalue weighted by Crippen LogP contribution is -2.33. The van der Waals surface area contributed by atoms with Gasteiger partial charge in [-0.25, -0.2) is 4.98 Å². The molecule has 0 aliphatic rings. The van der Waals surface area contributed by atoms with Crippen LogP contribution in [0.2, 0.25) is 5.15 Å². The van der Waals surface area contributed by atoms with Crippen molar-refractivity contribution in [3.05, 3.63) is 29.0 Å². The van der Waals surface area contributed by atoms with Crippen molar-refractivity contribution < 1.29 is 9.53 Å². The zero-order valence-electron chi connectivity index (χ0n) is 10.1. The number of amides is 1. The Bertz CT molecular complexity index is 371. The second kappa shape index (κ2) is 7.25. The summed E-state index contributed by atoms with van der Waals surface area (Å²) in [6.07, 6.45) is 1.53. The maximum Gasteiger partial charge on any atom is 0.254 e. The van der Waals surface area contributed by atoms with E-state index in [0.717, 1.165) is 0 Å². The third-order valence-electron chi connectivity index (χ3n) is 2.35. The van der Waals surface area contributed by atoms with Crippen LogP contribution in [0.1, 0.15) is 24.2 Å². The molecule has 1 aromatic heterocycles. The number of aromatic nitrogens is 1. The van der Waals surface area contributed by atoms with Crippen LogP contribution in [0, 0.1) is 0 Å². The number of carbonyl (C=O) groups excluding carboxylic acids is 1. The maximum absolute atomic E-state index is 12.1. The first-order valence-electron chi connectivity index (χ1n) is 5.67. The first-order valence-corrected chi connectivity index (χ1v) is 6.05. The first-order chi connectivity index (χ1) is 8.19. The highest BCUT2D eigenvalue weighted by Crippen LogP contribution is 2.09. The van der Waals surface area contributed by atoms with Crippen LogP contribution < -0.4 is 0 Å². The molecule has 4 nitrogen and oxygen atoms in total. The van der Waals surface area contributed by atoms with E-state index < -0.39 is 0 Å². The molecular weight excluding hydrogens is 240 g/mol. The summed E-state index contributed by atoms with van der Waals surface area (Å²) >= 11 is 5.76. The number of ether oxygens (including phenoxy) is 1. The largest absolute Gasteiger partial charge is 0.380 e. The molecule has 0 unspecified atom stereocenters. The van der Waals surface area contributed by atoms with Crippen LogP contribution in [0.15, 0.2) is 18.3 Å². The third-order valence-corrected chi connectivity index (χ3v) is 2.56. The van der Waals surface area contributed by atoms with Crippen LogP contribution in [0.5, 0.6) is 0 Å². The topological polar surface area (TPSA) is 42.4 Å². The predicted octanol–water partition coefficient (Wildman–Crippen LogP) is 2.23. The highest BCUT2D eigenvalue weighted by Gasteiger charge is 2.14. The molecule has 0 saturated carbocycles. The molecule has 0 aliphatic heterocycles.